The molecule has 0 fully saturated rings. The molecular weight excluding hydrogens is 310 g/mol. The molecule has 1 unspecified atom stereocenters. The molecule has 0 spiro atoms. The van der Waals surface area contributed by atoms with Crippen LogP contribution >= 0.6 is 0 Å². The molecule has 0 radical (unpaired) electrons. The van der Waals surface area contributed by atoms with Gasteiger partial charge in [-0.3, -0.25) is 0 Å². The summed E-state index contributed by atoms with van der Waals surface area (Å²) >= 11 is 0. The molecule has 1 rings (SSSR count). The highest BCUT2D eigenvalue weighted by Crippen LogP contribution is 2.22. The van der Waals surface area contributed by atoms with Gasteiger partial charge in [-0.05, 0) is 37.8 Å². The van der Waals surface area contributed by atoms with Gasteiger partial charge in [-0.25, -0.2) is 0 Å². The van der Waals surface area contributed by atoms with Crippen molar-refractivity contribution in [2.24, 2.45) is 5.16 Å². The summed E-state index contributed by atoms with van der Waals surface area (Å²) in [5, 5.41) is 12.0. The van der Waals surface area contributed by atoms with E-state index >= 15 is 0 Å². The molecule has 1 atom stereocenters. The maximum atomic E-state index is 8.83. The van der Waals surface area contributed by atoms with Gasteiger partial charge in [0, 0.05) is 5.56 Å². The lowest BCUT2D eigenvalue weighted by atomic mass is 10.0. The third-order valence-corrected chi connectivity index (χ3v) is 4.67. The lowest BCUT2D eigenvalue weighted by Gasteiger charge is -2.20. The molecule has 0 aliphatic rings. The number of hydrogen-bond donors (Lipinski definition) is 1. The van der Waals surface area contributed by atoms with Crippen molar-refractivity contribution < 1.29 is 9.94 Å². The first-order valence-electron chi connectivity index (χ1n) is 10.2. The summed E-state index contributed by atoms with van der Waals surface area (Å²) in [6.07, 6.45) is 16.9. The Kier molecular flexibility index (Phi) is 12.7. The van der Waals surface area contributed by atoms with Crippen LogP contribution in [0.3, 0.4) is 0 Å². The number of para-hydroxylation sites is 1. The molecule has 142 valence electrons. The molecule has 0 aliphatic carbocycles. The Morgan fingerprint density at radius 1 is 0.880 bits per heavy atom. The minimum Gasteiger partial charge on any atom is -0.490 e. The van der Waals surface area contributed by atoms with Crippen molar-refractivity contribution in [1.82, 2.24) is 0 Å². The first-order valence-corrected chi connectivity index (χ1v) is 10.2. The number of oxime groups is 1. The average Bonchev–Trinajstić information content (AvgIpc) is 2.62. The van der Waals surface area contributed by atoms with E-state index in [1.54, 1.807) is 0 Å². The van der Waals surface area contributed by atoms with Gasteiger partial charge in [0.1, 0.15) is 5.75 Å². The quantitative estimate of drug-likeness (QED) is 0.161. The molecule has 0 bridgehead atoms. The van der Waals surface area contributed by atoms with Crippen LogP contribution in [0.15, 0.2) is 29.4 Å². The normalized spacial score (nSPS) is 12.6. The van der Waals surface area contributed by atoms with Crippen LogP contribution in [0.4, 0.5) is 0 Å². The Balaban J connectivity index is 2.47. The van der Waals surface area contributed by atoms with Crippen molar-refractivity contribution in [3.05, 3.63) is 29.8 Å². The Labute approximate surface area is 154 Å². The summed E-state index contributed by atoms with van der Waals surface area (Å²) in [5.74, 6) is 0.824. The maximum absolute atomic E-state index is 8.83. The smallest absolute Gasteiger partial charge is 0.128 e. The number of nitrogens with zero attached hydrogens (tertiary/aromatic N) is 1. The number of hydrogen-bond acceptors (Lipinski definition) is 3. The summed E-state index contributed by atoms with van der Waals surface area (Å²) in [6.45, 7) is 4.50. The Morgan fingerprint density at radius 3 is 2.12 bits per heavy atom. The van der Waals surface area contributed by atoms with Crippen LogP contribution in [-0.2, 0) is 0 Å². The molecule has 0 amide bonds. The molecule has 0 aromatic heterocycles. The van der Waals surface area contributed by atoms with Crippen LogP contribution in [-0.4, -0.2) is 17.5 Å². The van der Waals surface area contributed by atoms with Crippen molar-refractivity contribution >= 4 is 6.21 Å². The number of benzene rings is 1. The molecule has 3 heteroatoms. The predicted octanol–water partition coefficient (Wildman–Crippen LogP) is 6.96. The van der Waals surface area contributed by atoms with Crippen LogP contribution in [0, 0.1) is 0 Å². The van der Waals surface area contributed by atoms with Gasteiger partial charge in [0.2, 0.25) is 0 Å². The molecule has 1 aromatic rings. The third-order valence-electron chi connectivity index (χ3n) is 4.67. The van der Waals surface area contributed by atoms with Crippen molar-refractivity contribution in [2.75, 3.05) is 0 Å². The Bertz CT molecular complexity index is 459. The molecular formula is C22H37NO2. The predicted molar refractivity (Wildman–Crippen MR) is 107 cm³/mol. The summed E-state index contributed by atoms with van der Waals surface area (Å²) < 4.78 is 6.29. The number of unbranched alkanes of at least 4 members (excludes halogenated alkanes) is 8. The number of ether oxygens (including phenoxy) is 1. The summed E-state index contributed by atoms with van der Waals surface area (Å²) in [7, 11) is 0. The topological polar surface area (TPSA) is 41.8 Å². The minimum absolute atomic E-state index is 0.260. The lowest BCUT2D eigenvalue weighted by Crippen LogP contribution is -2.17. The molecule has 0 aliphatic heterocycles. The van der Waals surface area contributed by atoms with Gasteiger partial charge in [-0.1, -0.05) is 82.5 Å². The zero-order chi connectivity index (χ0) is 18.2. The number of rotatable bonds is 15. The largest absolute Gasteiger partial charge is 0.490 e. The molecule has 0 saturated carbocycles. The fraction of sp³-hybridized carbons (Fsp3) is 0.682. The van der Waals surface area contributed by atoms with Crippen LogP contribution in [0.5, 0.6) is 5.75 Å². The first kappa shape index (κ1) is 21.5. The fourth-order valence-corrected chi connectivity index (χ4v) is 3.15. The van der Waals surface area contributed by atoms with Gasteiger partial charge in [-0.2, -0.15) is 0 Å². The highest BCUT2D eigenvalue weighted by molar-refractivity contribution is 5.82. The van der Waals surface area contributed by atoms with Crippen molar-refractivity contribution in [1.29, 1.82) is 0 Å². The second kappa shape index (κ2) is 14.8. The fourth-order valence-electron chi connectivity index (χ4n) is 3.15. The molecule has 1 aromatic carbocycles. The van der Waals surface area contributed by atoms with E-state index in [0.29, 0.717) is 0 Å². The van der Waals surface area contributed by atoms with Crippen LogP contribution in [0.1, 0.15) is 96.5 Å². The standard InChI is InChI=1S/C22H37NO2/c1-3-5-7-8-9-10-12-17-21(16-11-6-4-2)25-22-18-14-13-15-20(22)19-23-24/h13-15,18-19,21,24H,3-12,16-17H2,1-2H3. The molecule has 1 N–H and O–H groups in total. The average molecular weight is 348 g/mol. The van der Waals surface area contributed by atoms with E-state index in [0.717, 1.165) is 24.2 Å². The van der Waals surface area contributed by atoms with Gasteiger partial charge in [0.15, 0.2) is 0 Å². The third kappa shape index (κ3) is 10.2. The minimum atomic E-state index is 0.260. The summed E-state index contributed by atoms with van der Waals surface area (Å²) in [5.41, 5.74) is 0.838. The van der Waals surface area contributed by atoms with Gasteiger partial charge in [0.05, 0.1) is 12.3 Å². The highest BCUT2D eigenvalue weighted by Gasteiger charge is 2.12. The van der Waals surface area contributed by atoms with E-state index in [1.165, 1.54) is 70.4 Å². The van der Waals surface area contributed by atoms with E-state index in [9.17, 15) is 0 Å². The molecule has 25 heavy (non-hydrogen) atoms. The zero-order valence-corrected chi connectivity index (χ0v) is 16.3. The summed E-state index contributed by atoms with van der Waals surface area (Å²) in [4.78, 5) is 0. The second-order valence-electron chi connectivity index (χ2n) is 6.93. The van der Waals surface area contributed by atoms with Crippen molar-refractivity contribution in [3.63, 3.8) is 0 Å². The highest BCUT2D eigenvalue weighted by atomic mass is 16.5. The molecule has 3 nitrogen and oxygen atoms in total. The Morgan fingerprint density at radius 2 is 1.44 bits per heavy atom. The first-order chi connectivity index (χ1) is 12.3. The monoisotopic (exact) mass is 347 g/mol. The van der Waals surface area contributed by atoms with Gasteiger partial charge in [0.25, 0.3) is 0 Å². The SMILES string of the molecule is CCCCCCCCCC(CCCCC)Oc1ccccc1C=NO. The van der Waals surface area contributed by atoms with E-state index in [1.807, 2.05) is 24.3 Å². The Hall–Kier alpha value is -1.51. The van der Waals surface area contributed by atoms with Crippen molar-refractivity contribution in [3.8, 4) is 5.75 Å². The van der Waals surface area contributed by atoms with Crippen molar-refractivity contribution in [2.45, 2.75) is 97.0 Å². The second-order valence-corrected chi connectivity index (χ2v) is 6.93. The molecule has 0 saturated heterocycles. The zero-order valence-electron chi connectivity index (χ0n) is 16.3. The van der Waals surface area contributed by atoms with Crippen LogP contribution < -0.4 is 4.74 Å². The van der Waals surface area contributed by atoms with Crippen LogP contribution in [0.25, 0.3) is 0 Å². The summed E-state index contributed by atoms with van der Waals surface area (Å²) in [6, 6.07) is 7.80. The van der Waals surface area contributed by atoms with E-state index in [-0.39, 0.29) is 6.10 Å². The van der Waals surface area contributed by atoms with Crippen LogP contribution in [0.2, 0.25) is 0 Å². The van der Waals surface area contributed by atoms with E-state index in [4.69, 9.17) is 9.94 Å². The molecule has 0 heterocycles. The van der Waals surface area contributed by atoms with Gasteiger partial charge >= 0.3 is 0 Å². The van der Waals surface area contributed by atoms with E-state index < -0.39 is 0 Å². The maximum Gasteiger partial charge on any atom is 0.128 e. The van der Waals surface area contributed by atoms with E-state index in [2.05, 4.69) is 19.0 Å². The lowest BCUT2D eigenvalue weighted by molar-refractivity contribution is 0.172. The van der Waals surface area contributed by atoms with Gasteiger partial charge in [-0.15, -0.1) is 0 Å². The van der Waals surface area contributed by atoms with Gasteiger partial charge < -0.3 is 9.94 Å².